The highest BCUT2D eigenvalue weighted by atomic mass is 16.4. The summed E-state index contributed by atoms with van der Waals surface area (Å²) in [4.78, 5) is 58.4. The molecule has 0 saturated heterocycles. The minimum absolute atomic E-state index is 0.0908. The standard InChI is InChI=1S/C17H29N9O5/c1-9(14(28)26-11(16(30)31)3-2-4-22-17(19)20)24-15(29)12(25-13(27)6-18)5-10-7-21-8-23-10/h7-9,11-12H,2-6,18H2,1H3,(H,21,23)(H,24,29)(H,25,27)(H,26,28)(H,30,31)(H4,19,20,22). The van der Waals surface area contributed by atoms with Gasteiger partial charge in [-0.2, -0.15) is 0 Å². The Morgan fingerprint density at radius 2 is 1.87 bits per heavy atom. The number of amides is 3. The summed E-state index contributed by atoms with van der Waals surface area (Å²) in [6.07, 6.45) is 3.42. The number of nitrogens with one attached hydrogen (secondary N) is 4. The molecular weight excluding hydrogens is 410 g/mol. The molecule has 0 saturated carbocycles. The second kappa shape index (κ2) is 12.8. The van der Waals surface area contributed by atoms with Gasteiger partial charge in [0.15, 0.2) is 5.96 Å². The van der Waals surface area contributed by atoms with Gasteiger partial charge in [0.25, 0.3) is 0 Å². The molecule has 0 aliphatic rings. The molecule has 1 rings (SSSR count). The van der Waals surface area contributed by atoms with E-state index in [9.17, 15) is 24.3 Å². The Balaban J connectivity index is 2.68. The number of aliphatic imine (C=N–C) groups is 1. The van der Waals surface area contributed by atoms with Crippen LogP contribution in [0.5, 0.6) is 0 Å². The lowest BCUT2D eigenvalue weighted by molar-refractivity contribution is -0.142. The van der Waals surface area contributed by atoms with Crippen LogP contribution in [0.3, 0.4) is 0 Å². The summed E-state index contributed by atoms with van der Waals surface area (Å²) in [6, 6.07) is -3.26. The second-order valence-electron chi connectivity index (χ2n) is 6.68. The number of rotatable bonds is 13. The van der Waals surface area contributed by atoms with Crippen LogP contribution in [0.2, 0.25) is 0 Å². The highest BCUT2D eigenvalue weighted by Crippen LogP contribution is 2.02. The zero-order chi connectivity index (χ0) is 23.4. The Bertz CT molecular complexity index is 777. The summed E-state index contributed by atoms with van der Waals surface area (Å²) in [6.45, 7) is 1.29. The monoisotopic (exact) mass is 439 g/mol. The van der Waals surface area contributed by atoms with Gasteiger partial charge < -0.3 is 43.2 Å². The van der Waals surface area contributed by atoms with Crippen LogP contribution in [0.25, 0.3) is 0 Å². The SMILES string of the molecule is CC(NC(=O)C(Cc1cnc[nH]1)NC(=O)CN)C(=O)NC(CCCN=C(N)N)C(=O)O. The Morgan fingerprint density at radius 1 is 1.16 bits per heavy atom. The number of guanidine groups is 1. The number of aromatic amines is 1. The van der Waals surface area contributed by atoms with Crippen molar-refractivity contribution >= 4 is 29.7 Å². The molecule has 0 spiro atoms. The topological polar surface area (TPSA) is 244 Å². The van der Waals surface area contributed by atoms with Crippen molar-refractivity contribution in [2.75, 3.05) is 13.1 Å². The van der Waals surface area contributed by atoms with Gasteiger partial charge in [0.2, 0.25) is 17.7 Å². The lowest BCUT2D eigenvalue weighted by atomic mass is 10.1. The zero-order valence-corrected chi connectivity index (χ0v) is 17.1. The first-order valence-corrected chi connectivity index (χ1v) is 9.49. The molecule has 31 heavy (non-hydrogen) atoms. The zero-order valence-electron chi connectivity index (χ0n) is 17.1. The summed E-state index contributed by atoms with van der Waals surface area (Å²) in [5, 5.41) is 16.6. The maximum absolute atomic E-state index is 12.6. The van der Waals surface area contributed by atoms with Crippen LogP contribution in [-0.2, 0) is 25.6 Å². The van der Waals surface area contributed by atoms with Crippen molar-refractivity contribution in [3.05, 3.63) is 18.2 Å². The van der Waals surface area contributed by atoms with Crippen LogP contribution in [0.4, 0.5) is 0 Å². The van der Waals surface area contributed by atoms with Crippen molar-refractivity contribution in [2.45, 2.75) is 44.3 Å². The first-order chi connectivity index (χ1) is 14.6. The van der Waals surface area contributed by atoms with Gasteiger partial charge in [0.05, 0.1) is 12.9 Å². The predicted octanol–water partition coefficient (Wildman–Crippen LogP) is -3.48. The van der Waals surface area contributed by atoms with E-state index < -0.39 is 41.8 Å². The van der Waals surface area contributed by atoms with E-state index in [0.29, 0.717) is 12.1 Å². The van der Waals surface area contributed by atoms with Crippen LogP contribution in [0.15, 0.2) is 17.5 Å². The number of H-pyrrole nitrogens is 1. The molecule has 0 aliphatic heterocycles. The molecule has 14 nitrogen and oxygen atoms in total. The minimum Gasteiger partial charge on any atom is -0.480 e. The molecule has 3 atom stereocenters. The van der Waals surface area contributed by atoms with Crippen LogP contribution in [-0.4, -0.2) is 75.9 Å². The number of imidazole rings is 1. The van der Waals surface area contributed by atoms with Gasteiger partial charge in [-0.3, -0.25) is 19.4 Å². The molecule has 14 heteroatoms. The number of hydrogen-bond acceptors (Lipinski definition) is 7. The number of hydrogen-bond donors (Lipinski definition) is 8. The maximum atomic E-state index is 12.6. The number of aromatic nitrogens is 2. The highest BCUT2D eigenvalue weighted by Gasteiger charge is 2.27. The Kier molecular flexibility index (Phi) is 10.5. The van der Waals surface area contributed by atoms with Crippen LogP contribution in [0, 0.1) is 0 Å². The van der Waals surface area contributed by atoms with Gasteiger partial charge in [0.1, 0.15) is 18.1 Å². The number of carbonyl (C=O) groups is 4. The van der Waals surface area contributed by atoms with Gasteiger partial charge in [0, 0.05) is 24.9 Å². The van der Waals surface area contributed by atoms with Crippen molar-refractivity contribution in [3.63, 3.8) is 0 Å². The predicted molar refractivity (Wildman–Crippen MR) is 110 cm³/mol. The summed E-state index contributed by atoms with van der Waals surface area (Å²) in [5.74, 6) is -3.24. The molecule has 1 aromatic heterocycles. The smallest absolute Gasteiger partial charge is 0.326 e. The molecule has 0 bridgehead atoms. The van der Waals surface area contributed by atoms with Crippen molar-refractivity contribution in [3.8, 4) is 0 Å². The van der Waals surface area contributed by atoms with Gasteiger partial charge in [-0.1, -0.05) is 0 Å². The molecule has 0 aliphatic carbocycles. The van der Waals surface area contributed by atoms with Gasteiger partial charge in [-0.25, -0.2) is 9.78 Å². The fraction of sp³-hybridized carbons (Fsp3) is 0.529. The van der Waals surface area contributed by atoms with E-state index in [1.807, 2.05) is 0 Å². The second-order valence-corrected chi connectivity index (χ2v) is 6.68. The van der Waals surface area contributed by atoms with Gasteiger partial charge >= 0.3 is 5.97 Å². The summed E-state index contributed by atoms with van der Waals surface area (Å²) in [5.41, 5.74) is 16.3. The van der Waals surface area contributed by atoms with E-state index in [4.69, 9.17) is 17.2 Å². The number of nitrogens with zero attached hydrogens (tertiary/aromatic N) is 2. The van der Waals surface area contributed by atoms with Crippen molar-refractivity contribution in [2.24, 2.45) is 22.2 Å². The molecular formula is C17H29N9O5. The van der Waals surface area contributed by atoms with Gasteiger partial charge in [-0.15, -0.1) is 0 Å². The van der Waals surface area contributed by atoms with Crippen LogP contribution < -0.4 is 33.2 Å². The largest absolute Gasteiger partial charge is 0.480 e. The Labute approximate surface area is 178 Å². The average molecular weight is 439 g/mol. The first kappa shape index (κ1) is 25.4. The molecule has 0 aromatic carbocycles. The minimum atomic E-state index is -1.23. The summed E-state index contributed by atoms with van der Waals surface area (Å²) in [7, 11) is 0. The lowest BCUT2D eigenvalue weighted by Gasteiger charge is -2.22. The van der Waals surface area contributed by atoms with E-state index in [1.54, 1.807) is 0 Å². The van der Waals surface area contributed by atoms with E-state index in [0.717, 1.165) is 0 Å². The third-order valence-corrected chi connectivity index (χ3v) is 4.13. The molecule has 0 fully saturated rings. The van der Waals surface area contributed by atoms with Crippen molar-refractivity contribution < 1.29 is 24.3 Å². The van der Waals surface area contributed by atoms with Crippen molar-refractivity contribution in [1.29, 1.82) is 0 Å². The molecule has 1 aromatic rings. The molecule has 11 N–H and O–H groups in total. The maximum Gasteiger partial charge on any atom is 0.326 e. The average Bonchev–Trinajstić information content (AvgIpc) is 3.22. The fourth-order valence-corrected chi connectivity index (χ4v) is 2.52. The quantitative estimate of drug-likeness (QED) is 0.0862. The number of nitrogens with two attached hydrogens (primary N) is 3. The highest BCUT2D eigenvalue weighted by molar-refractivity contribution is 5.93. The normalized spacial score (nSPS) is 13.4. The number of carboxylic acid groups (broad SMARTS) is 1. The third kappa shape index (κ3) is 9.58. The van der Waals surface area contributed by atoms with E-state index in [1.165, 1.54) is 19.4 Å². The molecule has 1 heterocycles. The molecule has 0 radical (unpaired) electrons. The number of carboxylic acids is 1. The van der Waals surface area contributed by atoms with E-state index >= 15 is 0 Å². The fourth-order valence-electron chi connectivity index (χ4n) is 2.52. The first-order valence-electron chi connectivity index (χ1n) is 9.49. The summed E-state index contributed by atoms with van der Waals surface area (Å²) < 4.78 is 0. The number of carbonyl (C=O) groups excluding carboxylic acids is 3. The van der Waals surface area contributed by atoms with E-state index in [-0.39, 0.29) is 31.9 Å². The molecule has 3 amide bonds. The van der Waals surface area contributed by atoms with E-state index in [2.05, 4.69) is 30.9 Å². The summed E-state index contributed by atoms with van der Waals surface area (Å²) >= 11 is 0. The van der Waals surface area contributed by atoms with Crippen LogP contribution >= 0.6 is 0 Å². The molecule has 172 valence electrons. The lowest BCUT2D eigenvalue weighted by Crippen LogP contribution is -2.55. The Morgan fingerprint density at radius 3 is 2.42 bits per heavy atom. The number of aliphatic carboxylic acids is 1. The Hall–Kier alpha value is -3.68. The van der Waals surface area contributed by atoms with Crippen molar-refractivity contribution in [1.82, 2.24) is 25.9 Å². The molecule has 3 unspecified atom stereocenters. The van der Waals surface area contributed by atoms with Crippen LogP contribution in [0.1, 0.15) is 25.5 Å². The third-order valence-electron chi connectivity index (χ3n) is 4.13. The van der Waals surface area contributed by atoms with Gasteiger partial charge in [-0.05, 0) is 19.8 Å².